The van der Waals surface area contributed by atoms with Crippen molar-refractivity contribution < 1.29 is 4.79 Å². The number of amides is 1. The van der Waals surface area contributed by atoms with Gasteiger partial charge in [-0.1, -0.05) is 69.0 Å². The average Bonchev–Trinajstić information content (AvgIpc) is 3.10. The number of carbonyl (C=O) groups is 1. The molecule has 1 N–H and O–H groups in total. The van der Waals surface area contributed by atoms with Crippen molar-refractivity contribution in [1.29, 1.82) is 0 Å². The SMILES string of the molecule is CCCCCCCn1c(CCCNC(=O)Cc2ccccc2C)nc2ccccc21. The number of rotatable bonds is 12. The molecule has 0 aliphatic carbocycles. The number of hydrogen-bond acceptors (Lipinski definition) is 2. The highest BCUT2D eigenvalue weighted by Gasteiger charge is 2.11. The number of imidazole rings is 1. The Hall–Kier alpha value is -2.62. The Balaban J connectivity index is 1.51. The van der Waals surface area contributed by atoms with Gasteiger partial charge in [0.05, 0.1) is 17.5 Å². The van der Waals surface area contributed by atoms with E-state index in [1.165, 1.54) is 43.2 Å². The number of aryl methyl sites for hydroxylation is 3. The van der Waals surface area contributed by atoms with Crippen LogP contribution in [0.2, 0.25) is 0 Å². The number of para-hydroxylation sites is 2. The van der Waals surface area contributed by atoms with E-state index in [1.807, 2.05) is 18.2 Å². The summed E-state index contributed by atoms with van der Waals surface area (Å²) in [6.07, 6.45) is 8.60. The van der Waals surface area contributed by atoms with Crippen molar-refractivity contribution in [2.75, 3.05) is 6.54 Å². The first-order valence-electron chi connectivity index (χ1n) is 11.4. The Morgan fingerprint density at radius 3 is 2.57 bits per heavy atom. The highest BCUT2D eigenvalue weighted by Crippen LogP contribution is 2.18. The lowest BCUT2D eigenvalue weighted by Crippen LogP contribution is -2.26. The summed E-state index contributed by atoms with van der Waals surface area (Å²) in [7, 11) is 0. The van der Waals surface area contributed by atoms with Gasteiger partial charge in [-0.3, -0.25) is 4.79 Å². The van der Waals surface area contributed by atoms with Crippen LogP contribution in [0.3, 0.4) is 0 Å². The molecule has 4 nitrogen and oxygen atoms in total. The highest BCUT2D eigenvalue weighted by atomic mass is 16.1. The van der Waals surface area contributed by atoms with E-state index in [9.17, 15) is 4.79 Å². The van der Waals surface area contributed by atoms with Crippen LogP contribution < -0.4 is 5.32 Å². The summed E-state index contributed by atoms with van der Waals surface area (Å²) in [4.78, 5) is 17.2. The van der Waals surface area contributed by atoms with Gasteiger partial charge in [-0.05, 0) is 43.0 Å². The normalized spacial score (nSPS) is 11.1. The Bertz CT molecular complexity index is 944. The van der Waals surface area contributed by atoms with E-state index < -0.39 is 0 Å². The van der Waals surface area contributed by atoms with Crippen LogP contribution in [0.4, 0.5) is 0 Å². The van der Waals surface area contributed by atoms with E-state index in [1.54, 1.807) is 0 Å². The first-order valence-corrected chi connectivity index (χ1v) is 11.4. The molecule has 0 saturated heterocycles. The summed E-state index contributed by atoms with van der Waals surface area (Å²) in [5.41, 5.74) is 4.57. The van der Waals surface area contributed by atoms with Gasteiger partial charge in [0.1, 0.15) is 5.82 Å². The third-order valence-electron chi connectivity index (χ3n) is 5.73. The van der Waals surface area contributed by atoms with Crippen LogP contribution in [-0.2, 0) is 24.2 Å². The molecule has 1 heterocycles. The number of benzene rings is 2. The molecule has 0 radical (unpaired) electrons. The lowest BCUT2D eigenvalue weighted by Gasteiger charge is -2.10. The first-order chi connectivity index (χ1) is 14.7. The molecule has 0 aliphatic rings. The molecule has 0 fully saturated rings. The molecule has 0 saturated carbocycles. The number of hydrogen-bond donors (Lipinski definition) is 1. The quantitative estimate of drug-likeness (QED) is 0.398. The van der Waals surface area contributed by atoms with Gasteiger partial charge in [0.2, 0.25) is 5.91 Å². The van der Waals surface area contributed by atoms with Crippen molar-refractivity contribution in [3.05, 3.63) is 65.5 Å². The number of nitrogens with zero attached hydrogens (tertiary/aromatic N) is 2. The summed E-state index contributed by atoms with van der Waals surface area (Å²) in [6, 6.07) is 16.5. The van der Waals surface area contributed by atoms with Crippen molar-refractivity contribution in [2.45, 2.75) is 71.8 Å². The van der Waals surface area contributed by atoms with Crippen LogP contribution in [-0.4, -0.2) is 22.0 Å². The standard InChI is InChI=1S/C26H35N3O/c1-3-4-5-6-11-19-29-24-16-10-9-15-23(24)28-25(29)17-12-18-27-26(30)20-22-14-8-7-13-21(22)2/h7-10,13-16H,3-6,11-12,17-20H2,1-2H3,(H,27,30). The summed E-state index contributed by atoms with van der Waals surface area (Å²) in [5.74, 6) is 1.23. The molecule has 0 bridgehead atoms. The van der Waals surface area contributed by atoms with E-state index >= 15 is 0 Å². The van der Waals surface area contributed by atoms with E-state index in [0.717, 1.165) is 36.3 Å². The molecule has 0 spiro atoms. The zero-order chi connectivity index (χ0) is 21.2. The molecule has 4 heteroatoms. The minimum absolute atomic E-state index is 0.0914. The van der Waals surface area contributed by atoms with Crippen LogP contribution in [0, 0.1) is 6.92 Å². The van der Waals surface area contributed by atoms with E-state index in [4.69, 9.17) is 4.98 Å². The predicted molar refractivity (Wildman–Crippen MR) is 125 cm³/mol. The van der Waals surface area contributed by atoms with Gasteiger partial charge in [0.15, 0.2) is 0 Å². The Labute approximate surface area is 180 Å². The highest BCUT2D eigenvalue weighted by molar-refractivity contribution is 5.79. The van der Waals surface area contributed by atoms with Crippen LogP contribution in [0.15, 0.2) is 48.5 Å². The number of nitrogens with one attached hydrogen (secondary N) is 1. The molecule has 30 heavy (non-hydrogen) atoms. The van der Waals surface area contributed by atoms with Gasteiger partial charge in [0.25, 0.3) is 0 Å². The second-order valence-corrected chi connectivity index (χ2v) is 8.14. The fourth-order valence-electron chi connectivity index (χ4n) is 3.96. The zero-order valence-corrected chi connectivity index (χ0v) is 18.5. The van der Waals surface area contributed by atoms with Crippen LogP contribution >= 0.6 is 0 Å². The van der Waals surface area contributed by atoms with Gasteiger partial charge in [-0.15, -0.1) is 0 Å². The topological polar surface area (TPSA) is 46.9 Å². The molecule has 1 aromatic heterocycles. The van der Waals surface area contributed by atoms with Gasteiger partial charge >= 0.3 is 0 Å². The smallest absolute Gasteiger partial charge is 0.224 e. The molecule has 3 rings (SSSR count). The minimum Gasteiger partial charge on any atom is -0.356 e. The fourth-order valence-corrected chi connectivity index (χ4v) is 3.96. The summed E-state index contributed by atoms with van der Waals surface area (Å²) >= 11 is 0. The Morgan fingerprint density at radius 2 is 1.73 bits per heavy atom. The average molecular weight is 406 g/mol. The third kappa shape index (κ3) is 6.19. The minimum atomic E-state index is 0.0914. The number of unbranched alkanes of at least 4 members (excludes halogenated alkanes) is 4. The van der Waals surface area contributed by atoms with E-state index in [2.05, 4.69) is 54.1 Å². The van der Waals surface area contributed by atoms with Crippen LogP contribution in [0.1, 0.15) is 62.4 Å². The molecule has 0 unspecified atom stereocenters. The Morgan fingerprint density at radius 1 is 0.967 bits per heavy atom. The maximum Gasteiger partial charge on any atom is 0.224 e. The molecule has 0 aliphatic heterocycles. The van der Waals surface area contributed by atoms with Crippen molar-refractivity contribution >= 4 is 16.9 Å². The molecule has 0 atom stereocenters. The van der Waals surface area contributed by atoms with Gasteiger partial charge in [-0.25, -0.2) is 4.98 Å². The first kappa shape index (κ1) is 22.1. The zero-order valence-electron chi connectivity index (χ0n) is 18.5. The van der Waals surface area contributed by atoms with E-state index in [-0.39, 0.29) is 5.91 Å². The molecule has 3 aromatic rings. The molecule has 160 valence electrons. The molecule has 2 aromatic carbocycles. The predicted octanol–water partition coefficient (Wildman–Crippen LogP) is 5.61. The summed E-state index contributed by atoms with van der Waals surface area (Å²) < 4.78 is 2.39. The third-order valence-corrected chi connectivity index (χ3v) is 5.73. The molecular weight excluding hydrogens is 370 g/mol. The van der Waals surface area contributed by atoms with Crippen molar-refractivity contribution in [3.63, 3.8) is 0 Å². The summed E-state index contributed by atoms with van der Waals surface area (Å²) in [5, 5.41) is 3.07. The van der Waals surface area contributed by atoms with Gasteiger partial charge < -0.3 is 9.88 Å². The number of fused-ring (bicyclic) bond motifs is 1. The largest absolute Gasteiger partial charge is 0.356 e. The number of carbonyl (C=O) groups excluding carboxylic acids is 1. The fraction of sp³-hybridized carbons (Fsp3) is 0.462. The van der Waals surface area contributed by atoms with Gasteiger partial charge in [0, 0.05) is 19.5 Å². The van der Waals surface area contributed by atoms with Crippen molar-refractivity contribution in [2.24, 2.45) is 0 Å². The lowest BCUT2D eigenvalue weighted by atomic mass is 10.1. The van der Waals surface area contributed by atoms with Crippen molar-refractivity contribution in [3.8, 4) is 0 Å². The molecule has 1 amide bonds. The van der Waals surface area contributed by atoms with Gasteiger partial charge in [-0.2, -0.15) is 0 Å². The second-order valence-electron chi connectivity index (χ2n) is 8.14. The monoisotopic (exact) mass is 405 g/mol. The maximum absolute atomic E-state index is 12.3. The number of aromatic nitrogens is 2. The van der Waals surface area contributed by atoms with E-state index in [0.29, 0.717) is 13.0 Å². The maximum atomic E-state index is 12.3. The summed E-state index contributed by atoms with van der Waals surface area (Å²) in [6.45, 7) is 6.01. The van der Waals surface area contributed by atoms with Crippen LogP contribution in [0.25, 0.3) is 11.0 Å². The molecular formula is C26H35N3O. The Kier molecular flexibility index (Phi) is 8.49. The van der Waals surface area contributed by atoms with Crippen LogP contribution in [0.5, 0.6) is 0 Å². The van der Waals surface area contributed by atoms with Crippen molar-refractivity contribution in [1.82, 2.24) is 14.9 Å². The second kappa shape index (κ2) is 11.5. The lowest BCUT2D eigenvalue weighted by molar-refractivity contribution is -0.120.